The fraction of sp³-hybridized carbons (Fsp3) is 0.130. The zero-order valence-electron chi connectivity index (χ0n) is 17.3. The molecule has 1 N–H and O–H groups in total. The molecule has 0 saturated heterocycles. The van der Waals surface area contributed by atoms with Crippen LogP contribution in [-0.4, -0.2) is 32.3 Å². The average molecular weight is 448 g/mol. The Morgan fingerprint density at radius 2 is 1.62 bits per heavy atom. The summed E-state index contributed by atoms with van der Waals surface area (Å²) >= 11 is 1.29. The van der Waals surface area contributed by atoms with Gasteiger partial charge in [0, 0.05) is 18.4 Å². The Morgan fingerprint density at radius 3 is 2.22 bits per heavy atom. The highest BCUT2D eigenvalue weighted by molar-refractivity contribution is 7.99. The minimum absolute atomic E-state index is 0.0805. The number of hydrogen-bond acceptors (Lipinski definition) is 6. The monoisotopic (exact) mass is 447 g/mol. The number of benzene rings is 2. The molecular formula is C23H21N5O3S. The van der Waals surface area contributed by atoms with E-state index >= 15 is 0 Å². The fourth-order valence-electron chi connectivity index (χ4n) is 3.06. The number of amides is 2. The second-order valence-electron chi connectivity index (χ2n) is 6.81. The van der Waals surface area contributed by atoms with Crippen molar-refractivity contribution in [2.75, 3.05) is 10.7 Å². The molecule has 162 valence electrons. The smallest absolute Gasteiger partial charge is 0.287 e. The largest absolute Gasteiger partial charge is 0.459 e. The highest BCUT2D eigenvalue weighted by atomic mass is 32.2. The molecule has 0 aliphatic heterocycles. The van der Waals surface area contributed by atoms with Gasteiger partial charge in [-0.2, -0.15) is 0 Å². The van der Waals surface area contributed by atoms with Crippen LogP contribution in [0.4, 0.5) is 11.4 Å². The number of nitrogens with zero attached hydrogens (tertiary/aromatic N) is 4. The van der Waals surface area contributed by atoms with Crippen molar-refractivity contribution in [1.29, 1.82) is 0 Å². The van der Waals surface area contributed by atoms with Crippen LogP contribution in [0.3, 0.4) is 0 Å². The van der Waals surface area contributed by atoms with Gasteiger partial charge in [0.1, 0.15) is 0 Å². The third-order valence-electron chi connectivity index (χ3n) is 4.68. The van der Waals surface area contributed by atoms with Crippen LogP contribution >= 0.6 is 11.8 Å². The number of nitrogens with one attached hydrogen (secondary N) is 1. The minimum Gasteiger partial charge on any atom is -0.459 e. The summed E-state index contributed by atoms with van der Waals surface area (Å²) in [5, 5.41) is 11.6. The molecule has 4 aromatic rings. The Kier molecular flexibility index (Phi) is 6.66. The maximum Gasteiger partial charge on any atom is 0.287 e. The highest BCUT2D eigenvalue weighted by Crippen LogP contribution is 2.27. The zero-order valence-corrected chi connectivity index (χ0v) is 18.2. The number of para-hydroxylation sites is 2. The first-order valence-electron chi connectivity index (χ1n) is 9.89. The zero-order chi connectivity index (χ0) is 22.3. The van der Waals surface area contributed by atoms with Gasteiger partial charge < -0.3 is 14.3 Å². The summed E-state index contributed by atoms with van der Waals surface area (Å²) in [7, 11) is 1.80. The van der Waals surface area contributed by atoms with Crippen LogP contribution in [0.25, 0.3) is 0 Å². The quantitative estimate of drug-likeness (QED) is 0.413. The lowest BCUT2D eigenvalue weighted by molar-refractivity contribution is -0.115. The normalized spacial score (nSPS) is 10.7. The van der Waals surface area contributed by atoms with E-state index in [1.807, 2.05) is 60.7 Å². The second-order valence-corrected chi connectivity index (χ2v) is 7.75. The lowest BCUT2D eigenvalue weighted by Crippen LogP contribution is -2.27. The molecule has 4 rings (SSSR count). The maximum absolute atomic E-state index is 13.2. The third-order valence-corrected chi connectivity index (χ3v) is 5.69. The number of carbonyl (C=O) groups is 2. The SMILES string of the molecule is Cn1c(CNC(=O)c2ccco2)nnc1SCC(=O)N(c1ccccc1)c1ccccc1. The molecule has 0 atom stereocenters. The van der Waals surface area contributed by atoms with E-state index < -0.39 is 0 Å². The van der Waals surface area contributed by atoms with Crippen molar-refractivity contribution in [3.05, 3.63) is 90.6 Å². The first-order chi connectivity index (χ1) is 15.6. The second kappa shape index (κ2) is 9.97. The van der Waals surface area contributed by atoms with Gasteiger partial charge in [-0.25, -0.2) is 0 Å². The van der Waals surface area contributed by atoms with Crippen molar-refractivity contribution in [1.82, 2.24) is 20.1 Å². The van der Waals surface area contributed by atoms with E-state index in [9.17, 15) is 9.59 Å². The number of aromatic nitrogens is 3. The predicted molar refractivity (Wildman–Crippen MR) is 122 cm³/mol. The summed E-state index contributed by atoms with van der Waals surface area (Å²) in [5.41, 5.74) is 1.59. The van der Waals surface area contributed by atoms with Crippen molar-refractivity contribution in [3.8, 4) is 0 Å². The van der Waals surface area contributed by atoms with Gasteiger partial charge in [0.25, 0.3) is 5.91 Å². The molecule has 32 heavy (non-hydrogen) atoms. The van der Waals surface area contributed by atoms with E-state index in [0.29, 0.717) is 11.0 Å². The number of rotatable bonds is 8. The third kappa shape index (κ3) is 4.89. The van der Waals surface area contributed by atoms with E-state index in [4.69, 9.17) is 4.42 Å². The Hall–Kier alpha value is -3.85. The summed E-state index contributed by atoms with van der Waals surface area (Å²) in [6, 6.07) is 22.3. The summed E-state index contributed by atoms with van der Waals surface area (Å²) in [5.74, 6) is 0.568. The number of hydrogen-bond donors (Lipinski definition) is 1. The standard InChI is InChI=1S/C23H21N5O3S/c1-27-20(15-24-22(30)19-13-8-14-31-19)25-26-23(27)32-16-21(29)28(17-9-4-2-5-10-17)18-11-6-3-7-12-18/h2-14H,15-16H2,1H3,(H,24,30). The fourth-order valence-corrected chi connectivity index (χ4v) is 3.84. The molecule has 8 nitrogen and oxygen atoms in total. The summed E-state index contributed by atoms with van der Waals surface area (Å²) in [4.78, 5) is 26.9. The van der Waals surface area contributed by atoms with E-state index in [2.05, 4.69) is 15.5 Å². The Balaban J connectivity index is 1.42. The molecule has 0 aliphatic rings. The van der Waals surface area contributed by atoms with Crippen LogP contribution in [0, 0.1) is 0 Å². The molecule has 2 amide bonds. The van der Waals surface area contributed by atoms with Gasteiger partial charge in [0.05, 0.1) is 18.6 Å². The van der Waals surface area contributed by atoms with E-state index in [-0.39, 0.29) is 29.9 Å². The van der Waals surface area contributed by atoms with Crippen molar-refractivity contribution in [2.24, 2.45) is 7.05 Å². The van der Waals surface area contributed by atoms with Crippen molar-refractivity contribution in [2.45, 2.75) is 11.7 Å². The van der Waals surface area contributed by atoms with Gasteiger partial charge in [-0.15, -0.1) is 10.2 Å². The van der Waals surface area contributed by atoms with Gasteiger partial charge >= 0.3 is 0 Å². The van der Waals surface area contributed by atoms with Gasteiger partial charge in [0.2, 0.25) is 5.91 Å². The van der Waals surface area contributed by atoms with Gasteiger partial charge in [-0.1, -0.05) is 48.2 Å². The van der Waals surface area contributed by atoms with Gasteiger partial charge in [0.15, 0.2) is 16.7 Å². The van der Waals surface area contributed by atoms with E-state index in [1.165, 1.54) is 18.0 Å². The van der Waals surface area contributed by atoms with Gasteiger partial charge in [-0.05, 0) is 36.4 Å². The Bertz CT molecular complexity index is 1140. The van der Waals surface area contributed by atoms with Crippen LogP contribution in [-0.2, 0) is 18.4 Å². The lowest BCUT2D eigenvalue weighted by atomic mass is 10.2. The van der Waals surface area contributed by atoms with Crippen LogP contribution in [0.2, 0.25) is 0 Å². The molecule has 2 aromatic heterocycles. The molecule has 0 aliphatic carbocycles. The number of thioether (sulfide) groups is 1. The number of furan rings is 1. The average Bonchev–Trinajstić information content (AvgIpc) is 3.48. The topological polar surface area (TPSA) is 93.3 Å². The summed E-state index contributed by atoms with van der Waals surface area (Å²) in [6.45, 7) is 0.192. The predicted octanol–water partition coefficient (Wildman–Crippen LogP) is 3.80. The summed E-state index contributed by atoms with van der Waals surface area (Å²) in [6.07, 6.45) is 1.44. The Labute approximate surface area is 189 Å². The highest BCUT2D eigenvalue weighted by Gasteiger charge is 2.20. The molecular weight excluding hydrogens is 426 g/mol. The molecule has 0 saturated carbocycles. The molecule has 0 spiro atoms. The molecule has 0 radical (unpaired) electrons. The maximum atomic E-state index is 13.2. The Morgan fingerprint density at radius 1 is 0.969 bits per heavy atom. The molecule has 2 heterocycles. The molecule has 9 heteroatoms. The minimum atomic E-state index is -0.330. The molecule has 0 bridgehead atoms. The molecule has 0 fully saturated rings. The lowest BCUT2D eigenvalue weighted by Gasteiger charge is -2.22. The van der Waals surface area contributed by atoms with Crippen LogP contribution < -0.4 is 10.2 Å². The summed E-state index contributed by atoms with van der Waals surface area (Å²) < 4.78 is 6.84. The number of carbonyl (C=O) groups excluding carboxylic acids is 2. The molecule has 2 aromatic carbocycles. The van der Waals surface area contributed by atoms with Crippen LogP contribution in [0.5, 0.6) is 0 Å². The number of anilines is 2. The molecule has 0 unspecified atom stereocenters. The van der Waals surface area contributed by atoms with E-state index in [0.717, 1.165) is 11.4 Å². The van der Waals surface area contributed by atoms with Crippen LogP contribution in [0.15, 0.2) is 88.6 Å². The van der Waals surface area contributed by atoms with Crippen molar-refractivity contribution in [3.63, 3.8) is 0 Å². The van der Waals surface area contributed by atoms with Gasteiger partial charge in [-0.3, -0.25) is 14.5 Å². The van der Waals surface area contributed by atoms with E-state index in [1.54, 1.807) is 28.6 Å². The first kappa shape index (κ1) is 21.4. The van der Waals surface area contributed by atoms with Crippen molar-refractivity contribution < 1.29 is 14.0 Å². The first-order valence-corrected chi connectivity index (χ1v) is 10.9. The van der Waals surface area contributed by atoms with Crippen LogP contribution in [0.1, 0.15) is 16.4 Å². The van der Waals surface area contributed by atoms with Crippen molar-refractivity contribution >= 4 is 35.0 Å².